The van der Waals surface area contributed by atoms with E-state index in [0.717, 1.165) is 45.7 Å². The minimum Gasteiger partial charge on any atom is -0.478 e. The molecule has 4 aromatic rings. The third-order valence-corrected chi connectivity index (χ3v) is 5.82. The molecule has 1 N–H and O–H groups in total. The SMILES string of the molecule is CCN(c1ccccc1)c1cccc2c(C3=Cc4nccc(C(=O)O)c4C3)nn(C)c12. The molecule has 5 rings (SSSR count). The molecule has 0 aliphatic heterocycles. The molecule has 0 saturated heterocycles. The van der Waals surface area contributed by atoms with Crippen LogP contribution in [0, 0.1) is 0 Å². The van der Waals surface area contributed by atoms with Crippen LogP contribution < -0.4 is 4.90 Å². The summed E-state index contributed by atoms with van der Waals surface area (Å²) in [7, 11) is 1.96. The average Bonchev–Trinajstić information content (AvgIpc) is 3.36. The van der Waals surface area contributed by atoms with Crippen molar-refractivity contribution in [3.8, 4) is 0 Å². The Morgan fingerprint density at radius 2 is 1.94 bits per heavy atom. The number of nitrogens with zero attached hydrogens (tertiary/aromatic N) is 4. The minimum absolute atomic E-state index is 0.304. The molecular formula is C25H22N4O2. The Balaban J connectivity index is 1.63. The highest BCUT2D eigenvalue weighted by Gasteiger charge is 2.25. The first-order valence-electron chi connectivity index (χ1n) is 10.3. The minimum atomic E-state index is -0.928. The van der Waals surface area contributed by atoms with Gasteiger partial charge in [-0.05, 0) is 48.4 Å². The Hall–Kier alpha value is -3.93. The summed E-state index contributed by atoms with van der Waals surface area (Å²) >= 11 is 0. The van der Waals surface area contributed by atoms with Gasteiger partial charge in [0.1, 0.15) is 0 Å². The largest absolute Gasteiger partial charge is 0.478 e. The lowest BCUT2D eigenvalue weighted by atomic mass is 10.0. The van der Waals surface area contributed by atoms with Crippen molar-refractivity contribution in [2.75, 3.05) is 11.4 Å². The fraction of sp³-hybridized carbons (Fsp3) is 0.160. The number of carbonyl (C=O) groups is 1. The van der Waals surface area contributed by atoms with E-state index in [1.807, 2.05) is 36.0 Å². The number of pyridine rings is 1. The summed E-state index contributed by atoms with van der Waals surface area (Å²) in [6.07, 6.45) is 4.03. The molecule has 0 radical (unpaired) electrons. The van der Waals surface area contributed by atoms with Gasteiger partial charge in [-0.1, -0.05) is 30.3 Å². The van der Waals surface area contributed by atoms with E-state index < -0.39 is 5.97 Å². The molecule has 1 aliphatic rings. The number of aryl methyl sites for hydroxylation is 1. The molecule has 0 fully saturated rings. The van der Waals surface area contributed by atoms with Crippen LogP contribution in [-0.4, -0.2) is 32.4 Å². The standard InChI is InChI=1S/C25H22N4O2/c1-3-29(17-8-5-4-6-9-17)22-11-7-10-19-23(27-28(2)24(19)22)16-14-20-18(25(30)31)12-13-26-21(20)15-16/h4-13,15H,3,14H2,1-2H3,(H,30,31). The van der Waals surface area contributed by atoms with E-state index in [4.69, 9.17) is 5.10 Å². The molecule has 2 heterocycles. The predicted molar refractivity (Wildman–Crippen MR) is 123 cm³/mol. The number of carboxylic acids is 1. The highest BCUT2D eigenvalue weighted by atomic mass is 16.4. The molecule has 0 amide bonds. The number of aromatic carboxylic acids is 1. The molecule has 0 atom stereocenters. The van der Waals surface area contributed by atoms with Crippen LogP contribution in [0.4, 0.5) is 11.4 Å². The van der Waals surface area contributed by atoms with Gasteiger partial charge in [-0.15, -0.1) is 0 Å². The molecule has 2 aromatic carbocycles. The second-order valence-electron chi connectivity index (χ2n) is 7.60. The van der Waals surface area contributed by atoms with Crippen molar-refractivity contribution in [2.45, 2.75) is 13.3 Å². The number of benzene rings is 2. The number of hydrogen-bond donors (Lipinski definition) is 1. The van der Waals surface area contributed by atoms with Gasteiger partial charge in [-0.25, -0.2) is 4.79 Å². The number of hydrogen-bond acceptors (Lipinski definition) is 4. The number of rotatable bonds is 5. The summed E-state index contributed by atoms with van der Waals surface area (Å²) in [5, 5.41) is 15.4. The van der Waals surface area contributed by atoms with Crippen LogP contribution in [0.25, 0.3) is 22.6 Å². The molecule has 6 nitrogen and oxygen atoms in total. The monoisotopic (exact) mass is 410 g/mol. The second kappa shape index (κ2) is 7.40. The third kappa shape index (κ3) is 3.08. The van der Waals surface area contributed by atoms with Gasteiger partial charge in [0.2, 0.25) is 0 Å². The van der Waals surface area contributed by atoms with Crippen LogP contribution in [0.2, 0.25) is 0 Å². The van der Waals surface area contributed by atoms with Gasteiger partial charge in [-0.2, -0.15) is 5.10 Å². The smallest absolute Gasteiger partial charge is 0.336 e. The number of para-hydroxylation sites is 2. The van der Waals surface area contributed by atoms with Crippen LogP contribution in [0.3, 0.4) is 0 Å². The van der Waals surface area contributed by atoms with E-state index in [0.29, 0.717) is 17.7 Å². The number of fused-ring (bicyclic) bond motifs is 2. The van der Waals surface area contributed by atoms with Crippen molar-refractivity contribution < 1.29 is 9.90 Å². The Morgan fingerprint density at radius 3 is 2.68 bits per heavy atom. The maximum Gasteiger partial charge on any atom is 0.336 e. The Kier molecular flexibility index (Phi) is 4.55. The van der Waals surface area contributed by atoms with Crippen molar-refractivity contribution in [3.05, 3.63) is 83.3 Å². The van der Waals surface area contributed by atoms with Gasteiger partial charge in [0.25, 0.3) is 0 Å². The second-order valence-corrected chi connectivity index (χ2v) is 7.60. The molecule has 6 heteroatoms. The van der Waals surface area contributed by atoms with E-state index in [1.54, 1.807) is 12.3 Å². The molecule has 2 aromatic heterocycles. The quantitative estimate of drug-likeness (QED) is 0.506. The molecular weight excluding hydrogens is 388 g/mol. The van der Waals surface area contributed by atoms with Crippen LogP contribution in [0.1, 0.15) is 34.2 Å². The lowest BCUT2D eigenvalue weighted by Crippen LogP contribution is -2.16. The van der Waals surface area contributed by atoms with Gasteiger partial charge in [0.15, 0.2) is 0 Å². The van der Waals surface area contributed by atoms with Crippen molar-refractivity contribution in [3.63, 3.8) is 0 Å². The molecule has 0 saturated carbocycles. The Labute approximate surface area is 180 Å². The lowest BCUT2D eigenvalue weighted by molar-refractivity contribution is 0.0695. The fourth-order valence-corrected chi connectivity index (χ4v) is 4.45. The van der Waals surface area contributed by atoms with E-state index >= 15 is 0 Å². The Bertz CT molecular complexity index is 1340. The summed E-state index contributed by atoms with van der Waals surface area (Å²) in [4.78, 5) is 18.3. The molecule has 0 spiro atoms. The zero-order chi connectivity index (χ0) is 21.5. The topological polar surface area (TPSA) is 71.2 Å². The lowest BCUT2D eigenvalue weighted by Gasteiger charge is -2.24. The van der Waals surface area contributed by atoms with Crippen LogP contribution in [0.15, 0.2) is 60.8 Å². The molecule has 31 heavy (non-hydrogen) atoms. The van der Waals surface area contributed by atoms with Gasteiger partial charge in [-0.3, -0.25) is 9.67 Å². The summed E-state index contributed by atoms with van der Waals surface area (Å²) in [6.45, 7) is 2.96. The molecule has 154 valence electrons. The maximum absolute atomic E-state index is 11.6. The summed E-state index contributed by atoms with van der Waals surface area (Å²) < 4.78 is 1.92. The first-order chi connectivity index (χ1) is 15.1. The van der Waals surface area contributed by atoms with Crippen LogP contribution in [-0.2, 0) is 13.5 Å². The number of carboxylic acid groups (broad SMARTS) is 1. The first kappa shape index (κ1) is 19.1. The predicted octanol–water partition coefficient (Wildman–Crippen LogP) is 4.92. The van der Waals surface area contributed by atoms with Gasteiger partial charge in [0.05, 0.1) is 28.2 Å². The van der Waals surface area contributed by atoms with E-state index in [2.05, 4.69) is 47.1 Å². The van der Waals surface area contributed by atoms with Crippen molar-refractivity contribution in [1.82, 2.24) is 14.8 Å². The molecule has 0 bridgehead atoms. The van der Waals surface area contributed by atoms with E-state index in [-0.39, 0.29) is 0 Å². The van der Waals surface area contributed by atoms with Gasteiger partial charge < -0.3 is 10.0 Å². The first-order valence-corrected chi connectivity index (χ1v) is 10.3. The molecule has 0 unspecified atom stereocenters. The average molecular weight is 410 g/mol. The van der Waals surface area contributed by atoms with Crippen molar-refractivity contribution >= 4 is 39.9 Å². The normalized spacial score (nSPS) is 12.6. The van der Waals surface area contributed by atoms with Crippen LogP contribution in [0.5, 0.6) is 0 Å². The van der Waals surface area contributed by atoms with Gasteiger partial charge >= 0.3 is 5.97 Å². The van der Waals surface area contributed by atoms with E-state index in [9.17, 15) is 9.90 Å². The zero-order valence-corrected chi connectivity index (χ0v) is 17.4. The summed E-state index contributed by atoms with van der Waals surface area (Å²) in [6, 6.07) is 18.1. The van der Waals surface area contributed by atoms with Crippen molar-refractivity contribution in [2.24, 2.45) is 7.05 Å². The summed E-state index contributed by atoms with van der Waals surface area (Å²) in [5.41, 5.74) is 6.89. The van der Waals surface area contributed by atoms with E-state index in [1.165, 1.54) is 0 Å². The summed E-state index contributed by atoms with van der Waals surface area (Å²) in [5.74, 6) is -0.928. The van der Waals surface area contributed by atoms with Crippen LogP contribution >= 0.6 is 0 Å². The Morgan fingerprint density at radius 1 is 1.13 bits per heavy atom. The highest BCUT2D eigenvalue weighted by molar-refractivity contribution is 6.04. The molecule has 1 aliphatic carbocycles. The number of aromatic nitrogens is 3. The van der Waals surface area contributed by atoms with Gasteiger partial charge in [0, 0.05) is 37.3 Å². The number of anilines is 2. The third-order valence-electron chi connectivity index (χ3n) is 5.82. The highest BCUT2D eigenvalue weighted by Crippen LogP contribution is 2.38. The fourth-order valence-electron chi connectivity index (χ4n) is 4.45. The maximum atomic E-state index is 11.6. The van der Waals surface area contributed by atoms with Crippen molar-refractivity contribution in [1.29, 1.82) is 0 Å². The number of allylic oxidation sites excluding steroid dienone is 1. The zero-order valence-electron chi connectivity index (χ0n) is 17.4.